The van der Waals surface area contributed by atoms with Gasteiger partial charge in [0.1, 0.15) is 17.4 Å². The first-order chi connectivity index (χ1) is 15.1. The van der Waals surface area contributed by atoms with Gasteiger partial charge in [-0.1, -0.05) is 0 Å². The second-order valence-corrected chi connectivity index (χ2v) is 7.14. The van der Waals surface area contributed by atoms with Crippen LogP contribution in [0.2, 0.25) is 0 Å². The van der Waals surface area contributed by atoms with E-state index in [4.69, 9.17) is 10.5 Å². The van der Waals surface area contributed by atoms with Crippen LogP contribution in [-0.4, -0.2) is 38.9 Å². The Bertz CT molecular complexity index is 1160. The number of benzene rings is 1. The molecule has 0 spiro atoms. The first-order valence-corrected chi connectivity index (χ1v) is 9.97. The molecule has 9 nitrogen and oxygen atoms in total. The van der Waals surface area contributed by atoms with Crippen molar-refractivity contribution in [2.45, 2.75) is 26.2 Å². The zero-order chi connectivity index (χ0) is 21.8. The van der Waals surface area contributed by atoms with Gasteiger partial charge in [-0.25, -0.2) is 15.0 Å². The standard InChI is InChI=1S/C22H21N7O2/c1-14-27-19(29-8-2-3-21(29)30)10-20(28-14)31-18-9-15(11-24)4-5-17(18)22-25-12-16(6-7-23)13-26-22/h4-5,9-10,12-13H,2-3,6-8,23H2,1H3. The number of aromatic nitrogens is 4. The average molecular weight is 415 g/mol. The summed E-state index contributed by atoms with van der Waals surface area (Å²) in [5.41, 5.74) is 7.57. The summed E-state index contributed by atoms with van der Waals surface area (Å²) in [6.45, 7) is 2.87. The molecule has 1 aliphatic heterocycles. The van der Waals surface area contributed by atoms with E-state index in [1.807, 2.05) is 0 Å². The predicted molar refractivity (Wildman–Crippen MR) is 113 cm³/mol. The number of aryl methyl sites for hydroxylation is 1. The number of rotatable bonds is 6. The van der Waals surface area contributed by atoms with Gasteiger partial charge in [0.2, 0.25) is 11.8 Å². The smallest absolute Gasteiger partial charge is 0.228 e. The number of nitriles is 1. The molecule has 31 heavy (non-hydrogen) atoms. The maximum Gasteiger partial charge on any atom is 0.228 e. The third-order valence-electron chi connectivity index (χ3n) is 4.86. The quantitative estimate of drug-likeness (QED) is 0.650. The van der Waals surface area contributed by atoms with Crippen molar-refractivity contribution in [3.63, 3.8) is 0 Å². The fourth-order valence-electron chi connectivity index (χ4n) is 3.37. The summed E-state index contributed by atoms with van der Waals surface area (Å²) < 4.78 is 6.06. The molecule has 2 N–H and O–H groups in total. The highest BCUT2D eigenvalue weighted by Crippen LogP contribution is 2.33. The van der Waals surface area contributed by atoms with Gasteiger partial charge in [0.15, 0.2) is 5.82 Å². The number of carbonyl (C=O) groups is 1. The lowest BCUT2D eigenvalue weighted by Crippen LogP contribution is -2.25. The molecule has 0 atom stereocenters. The molecule has 0 bridgehead atoms. The Kier molecular flexibility index (Phi) is 5.82. The minimum absolute atomic E-state index is 0.0298. The molecule has 1 amide bonds. The van der Waals surface area contributed by atoms with E-state index in [9.17, 15) is 10.1 Å². The van der Waals surface area contributed by atoms with Gasteiger partial charge in [-0.15, -0.1) is 0 Å². The number of hydrogen-bond donors (Lipinski definition) is 1. The molecule has 0 aliphatic carbocycles. The molecule has 0 radical (unpaired) electrons. The maximum absolute atomic E-state index is 12.1. The Labute approximate surface area is 179 Å². The molecule has 0 saturated carbocycles. The van der Waals surface area contributed by atoms with Crippen LogP contribution >= 0.6 is 0 Å². The maximum atomic E-state index is 12.1. The number of carbonyl (C=O) groups excluding carboxylic acids is 1. The van der Waals surface area contributed by atoms with Crippen molar-refractivity contribution in [3.8, 4) is 29.1 Å². The summed E-state index contributed by atoms with van der Waals surface area (Å²) in [6, 6.07) is 8.78. The van der Waals surface area contributed by atoms with E-state index in [-0.39, 0.29) is 11.8 Å². The van der Waals surface area contributed by atoms with E-state index in [0.29, 0.717) is 60.3 Å². The van der Waals surface area contributed by atoms with Crippen molar-refractivity contribution in [3.05, 3.63) is 53.6 Å². The summed E-state index contributed by atoms with van der Waals surface area (Å²) in [4.78, 5) is 31.3. The van der Waals surface area contributed by atoms with Gasteiger partial charge in [-0.3, -0.25) is 9.69 Å². The van der Waals surface area contributed by atoms with Gasteiger partial charge in [0.05, 0.1) is 17.2 Å². The normalized spacial score (nSPS) is 13.3. The largest absolute Gasteiger partial charge is 0.438 e. The lowest BCUT2D eigenvalue weighted by molar-refractivity contribution is -0.117. The SMILES string of the molecule is Cc1nc(Oc2cc(C#N)ccc2-c2ncc(CCN)cn2)cc(N2CCCC2=O)n1. The van der Waals surface area contributed by atoms with Crippen molar-refractivity contribution in [1.82, 2.24) is 19.9 Å². The van der Waals surface area contributed by atoms with Gasteiger partial charge in [-0.05, 0) is 50.1 Å². The third kappa shape index (κ3) is 4.49. The van der Waals surface area contributed by atoms with E-state index in [1.54, 1.807) is 48.5 Å². The van der Waals surface area contributed by atoms with E-state index in [0.717, 1.165) is 12.0 Å². The van der Waals surface area contributed by atoms with E-state index >= 15 is 0 Å². The van der Waals surface area contributed by atoms with Crippen LogP contribution in [0, 0.1) is 18.3 Å². The monoisotopic (exact) mass is 415 g/mol. The fourth-order valence-corrected chi connectivity index (χ4v) is 3.37. The Balaban J connectivity index is 1.70. The molecule has 9 heteroatoms. The minimum atomic E-state index is 0.0298. The van der Waals surface area contributed by atoms with Crippen LogP contribution < -0.4 is 15.4 Å². The molecule has 156 valence electrons. The number of anilines is 1. The summed E-state index contributed by atoms with van der Waals surface area (Å²) in [5, 5.41) is 9.33. The fraction of sp³-hybridized carbons (Fsp3) is 0.273. The lowest BCUT2D eigenvalue weighted by Gasteiger charge is -2.16. The molecule has 1 fully saturated rings. The summed E-state index contributed by atoms with van der Waals surface area (Å²) in [7, 11) is 0. The number of hydrogen-bond acceptors (Lipinski definition) is 8. The molecule has 1 saturated heterocycles. The second-order valence-electron chi connectivity index (χ2n) is 7.14. The Hall–Kier alpha value is -3.90. The highest BCUT2D eigenvalue weighted by atomic mass is 16.5. The van der Waals surface area contributed by atoms with Crippen molar-refractivity contribution in [2.75, 3.05) is 18.0 Å². The van der Waals surface area contributed by atoms with Crippen LogP contribution in [0.1, 0.15) is 29.8 Å². The number of ether oxygens (including phenoxy) is 1. The molecule has 3 heterocycles. The van der Waals surface area contributed by atoms with Gasteiger partial charge < -0.3 is 10.5 Å². The predicted octanol–water partition coefficient (Wildman–Crippen LogP) is 2.53. The van der Waals surface area contributed by atoms with Crippen LogP contribution in [0.5, 0.6) is 11.6 Å². The van der Waals surface area contributed by atoms with Gasteiger partial charge in [-0.2, -0.15) is 10.2 Å². The lowest BCUT2D eigenvalue weighted by atomic mass is 10.1. The Morgan fingerprint density at radius 1 is 1.23 bits per heavy atom. The van der Waals surface area contributed by atoms with E-state index in [1.165, 1.54) is 0 Å². The minimum Gasteiger partial charge on any atom is -0.438 e. The first-order valence-electron chi connectivity index (χ1n) is 9.97. The van der Waals surface area contributed by atoms with Crippen molar-refractivity contribution < 1.29 is 9.53 Å². The molecular weight excluding hydrogens is 394 g/mol. The van der Waals surface area contributed by atoms with Crippen molar-refractivity contribution in [1.29, 1.82) is 5.26 Å². The zero-order valence-corrected chi connectivity index (χ0v) is 17.1. The van der Waals surface area contributed by atoms with Crippen LogP contribution in [0.25, 0.3) is 11.4 Å². The van der Waals surface area contributed by atoms with Crippen molar-refractivity contribution in [2.24, 2.45) is 5.73 Å². The molecule has 2 aromatic heterocycles. The third-order valence-corrected chi connectivity index (χ3v) is 4.86. The number of amides is 1. The van der Waals surface area contributed by atoms with Crippen LogP contribution in [-0.2, 0) is 11.2 Å². The van der Waals surface area contributed by atoms with Crippen LogP contribution in [0.15, 0.2) is 36.7 Å². The summed E-state index contributed by atoms with van der Waals surface area (Å²) in [6.07, 6.45) is 5.44. The van der Waals surface area contributed by atoms with Gasteiger partial charge in [0.25, 0.3) is 0 Å². The van der Waals surface area contributed by atoms with Crippen LogP contribution in [0.4, 0.5) is 5.82 Å². The molecule has 0 unspecified atom stereocenters. The number of nitrogens with zero attached hydrogens (tertiary/aromatic N) is 6. The highest BCUT2D eigenvalue weighted by molar-refractivity contribution is 5.94. The summed E-state index contributed by atoms with van der Waals surface area (Å²) >= 11 is 0. The zero-order valence-electron chi connectivity index (χ0n) is 17.1. The molecule has 3 aromatic rings. The summed E-state index contributed by atoms with van der Waals surface area (Å²) in [5.74, 6) is 2.14. The topological polar surface area (TPSA) is 131 Å². The van der Waals surface area contributed by atoms with Gasteiger partial charge in [0, 0.05) is 31.4 Å². The second kappa shape index (κ2) is 8.85. The Morgan fingerprint density at radius 3 is 2.71 bits per heavy atom. The van der Waals surface area contributed by atoms with Gasteiger partial charge >= 0.3 is 0 Å². The van der Waals surface area contributed by atoms with Crippen molar-refractivity contribution >= 4 is 11.7 Å². The highest BCUT2D eigenvalue weighted by Gasteiger charge is 2.24. The molecular formula is C22H21N7O2. The molecule has 1 aliphatic rings. The number of nitrogens with two attached hydrogens (primary N) is 1. The van der Waals surface area contributed by atoms with Crippen LogP contribution in [0.3, 0.4) is 0 Å². The van der Waals surface area contributed by atoms with E-state index < -0.39 is 0 Å². The van der Waals surface area contributed by atoms with E-state index in [2.05, 4.69) is 26.0 Å². The molecule has 4 rings (SSSR count). The first kappa shape index (κ1) is 20.4. The molecule has 1 aromatic carbocycles. The average Bonchev–Trinajstić information content (AvgIpc) is 3.20. The Morgan fingerprint density at radius 2 is 2.03 bits per heavy atom.